The van der Waals surface area contributed by atoms with Gasteiger partial charge in [0.1, 0.15) is 0 Å². The van der Waals surface area contributed by atoms with E-state index < -0.39 is 0 Å². The molecule has 0 bridgehead atoms. The molecule has 0 radical (unpaired) electrons. The summed E-state index contributed by atoms with van der Waals surface area (Å²) in [6.45, 7) is 1.19. The number of para-hydroxylation sites is 1. The van der Waals surface area contributed by atoms with E-state index in [9.17, 15) is 4.79 Å². The van der Waals surface area contributed by atoms with Crippen molar-refractivity contribution in [3.63, 3.8) is 0 Å². The fraction of sp³-hybridized carbons (Fsp3) is 0.0952. The van der Waals surface area contributed by atoms with Crippen molar-refractivity contribution in [2.75, 3.05) is 4.90 Å². The predicted molar refractivity (Wildman–Crippen MR) is 101 cm³/mol. The molecule has 0 aromatic heterocycles. The summed E-state index contributed by atoms with van der Waals surface area (Å²) in [6.07, 6.45) is 0. The lowest BCUT2D eigenvalue weighted by Gasteiger charge is -2.37. The maximum atomic E-state index is 13.2. The zero-order chi connectivity index (χ0) is 17.2. The lowest BCUT2D eigenvalue weighted by molar-refractivity contribution is 0.198. The minimum absolute atomic E-state index is 0.0233. The number of halogens is 1. The van der Waals surface area contributed by atoms with Gasteiger partial charge >= 0.3 is 6.03 Å². The summed E-state index contributed by atoms with van der Waals surface area (Å²) in [5.41, 5.74) is 4.00. The van der Waals surface area contributed by atoms with Gasteiger partial charge in [-0.1, -0.05) is 60.1 Å². The van der Waals surface area contributed by atoms with E-state index in [1.165, 1.54) is 0 Å². The van der Waals surface area contributed by atoms with E-state index in [2.05, 4.69) is 6.07 Å². The average molecular weight is 349 g/mol. The summed E-state index contributed by atoms with van der Waals surface area (Å²) in [6, 6.07) is 25.4. The molecule has 4 rings (SSSR count). The molecule has 1 aliphatic heterocycles. The van der Waals surface area contributed by atoms with Crippen molar-refractivity contribution in [2.24, 2.45) is 0 Å². The van der Waals surface area contributed by atoms with E-state index in [-0.39, 0.29) is 6.03 Å². The third-order valence-corrected chi connectivity index (χ3v) is 4.61. The van der Waals surface area contributed by atoms with Gasteiger partial charge in [0.15, 0.2) is 0 Å². The summed E-state index contributed by atoms with van der Waals surface area (Å²) < 4.78 is 0. The molecule has 0 aliphatic carbocycles. The molecule has 1 heterocycles. The van der Waals surface area contributed by atoms with Gasteiger partial charge in [0.25, 0.3) is 0 Å². The van der Waals surface area contributed by atoms with Crippen molar-refractivity contribution >= 4 is 29.0 Å². The molecular weight excluding hydrogens is 332 g/mol. The van der Waals surface area contributed by atoms with Gasteiger partial charge in [0.05, 0.1) is 11.4 Å². The summed E-state index contributed by atoms with van der Waals surface area (Å²) in [5.74, 6) is 0. The van der Waals surface area contributed by atoms with Crippen LogP contribution in [0.4, 0.5) is 16.2 Å². The van der Waals surface area contributed by atoms with Crippen LogP contribution in [0.2, 0.25) is 5.02 Å². The third-order valence-electron chi connectivity index (χ3n) is 4.36. The number of amides is 2. The summed E-state index contributed by atoms with van der Waals surface area (Å²) in [5, 5.41) is 0.655. The highest BCUT2D eigenvalue weighted by Gasteiger charge is 2.31. The highest BCUT2D eigenvalue weighted by Crippen LogP contribution is 2.35. The second kappa shape index (κ2) is 6.61. The maximum absolute atomic E-state index is 13.2. The minimum atomic E-state index is -0.0233. The largest absolute Gasteiger partial charge is 0.329 e. The molecule has 1 aliphatic rings. The van der Waals surface area contributed by atoms with Gasteiger partial charge in [-0.25, -0.2) is 4.79 Å². The standard InChI is InChI=1S/C21H17ClN2O/c22-18-10-12-19(13-11-18)24-20-9-5-4-8-17(20)15-23(21(24)25)14-16-6-2-1-3-7-16/h1-13H,14-15H2. The Bertz CT molecular complexity index is 893. The van der Waals surface area contributed by atoms with Crippen molar-refractivity contribution in [1.82, 2.24) is 4.90 Å². The molecule has 0 unspecified atom stereocenters. The monoisotopic (exact) mass is 348 g/mol. The zero-order valence-corrected chi connectivity index (χ0v) is 14.4. The van der Waals surface area contributed by atoms with E-state index >= 15 is 0 Å². The summed E-state index contributed by atoms with van der Waals surface area (Å²) in [4.78, 5) is 16.8. The van der Waals surface area contributed by atoms with Crippen LogP contribution in [0.1, 0.15) is 11.1 Å². The number of fused-ring (bicyclic) bond motifs is 1. The van der Waals surface area contributed by atoms with Crippen LogP contribution in [-0.4, -0.2) is 10.9 Å². The molecule has 3 nitrogen and oxygen atoms in total. The Kier molecular flexibility index (Phi) is 4.16. The lowest BCUT2D eigenvalue weighted by atomic mass is 10.1. The van der Waals surface area contributed by atoms with E-state index in [1.807, 2.05) is 77.7 Å². The first-order chi connectivity index (χ1) is 12.2. The molecule has 0 saturated carbocycles. The Morgan fingerprint density at radius 2 is 1.52 bits per heavy atom. The second-order valence-electron chi connectivity index (χ2n) is 6.06. The van der Waals surface area contributed by atoms with Crippen molar-refractivity contribution < 1.29 is 4.79 Å². The second-order valence-corrected chi connectivity index (χ2v) is 6.50. The van der Waals surface area contributed by atoms with E-state index in [4.69, 9.17) is 11.6 Å². The first-order valence-electron chi connectivity index (χ1n) is 8.19. The molecule has 0 saturated heterocycles. The number of carbonyl (C=O) groups excluding carboxylic acids is 1. The number of nitrogens with zero attached hydrogens (tertiary/aromatic N) is 2. The first-order valence-corrected chi connectivity index (χ1v) is 8.56. The molecule has 3 aromatic rings. The van der Waals surface area contributed by atoms with E-state index in [0.717, 1.165) is 22.5 Å². The van der Waals surface area contributed by atoms with Gasteiger partial charge in [-0.15, -0.1) is 0 Å². The number of urea groups is 1. The van der Waals surface area contributed by atoms with Gasteiger partial charge < -0.3 is 4.90 Å². The van der Waals surface area contributed by atoms with Crippen molar-refractivity contribution in [3.8, 4) is 0 Å². The quantitative estimate of drug-likeness (QED) is 0.603. The smallest absolute Gasteiger partial charge is 0.315 e. The van der Waals surface area contributed by atoms with Gasteiger partial charge in [-0.3, -0.25) is 4.90 Å². The van der Waals surface area contributed by atoms with Gasteiger partial charge in [0.2, 0.25) is 0 Å². The van der Waals surface area contributed by atoms with Crippen molar-refractivity contribution in [2.45, 2.75) is 13.1 Å². The SMILES string of the molecule is O=C1N(Cc2ccccc2)Cc2ccccc2N1c1ccc(Cl)cc1. The number of benzene rings is 3. The molecule has 25 heavy (non-hydrogen) atoms. The third kappa shape index (κ3) is 3.11. The zero-order valence-electron chi connectivity index (χ0n) is 13.6. The Labute approximate surface area is 152 Å². The Morgan fingerprint density at radius 3 is 2.28 bits per heavy atom. The highest BCUT2D eigenvalue weighted by molar-refractivity contribution is 6.30. The van der Waals surface area contributed by atoms with Crippen LogP contribution in [0.5, 0.6) is 0 Å². The fourth-order valence-electron chi connectivity index (χ4n) is 3.15. The van der Waals surface area contributed by atoms with Crippen LogP contribution in [0.15, 0.2) is 78.9 Å². The normalized spacial score (nSPS) is 13.7. The number of hydrogen-bond acceptors (Lipinski definition) is 1. The Hall–Kier alpha value is -2.78. The van der Waals surface area contributed by atoms with E-state index in [1.54, 1.807) is 4.90 Å². The minimum Gasteiger partial charge on any atom is -0.315 e. The first kappa shape index (κ1) is 15.7. The van der Waals surface area contributed by atoms with Crippen LogP contribution in [0.25, 0.3) is 0 Å². The maximum Gasteiger partial charge on any atom is 0.329 e. The molecule has 3 aromatic carbocycles. The molecule has 0 spiro atoms. The number of rotatable bonds is 3. The number of carbonyl (C=O) groups is 1. The van der Waals surface area contributed by atoms with Crippen LogP contribution < -0.4 is 4.90 Å². The summed E-state index contributed by atoms with van der Waals surface area (Å²) >= 11 is 6.01. The molecule has 2 amide bonds. The Morgan fingerprint density at radius 1 is 0.840 bits per heavy atom. The number of anilines is 2. The fourth-order valence-corrected chi connectivity index (χ4v) is 3.27. The average Bonchev–Trinajstić information content (AvgIpc) is 2.64. The number of hydrogen-bond donors (Lipinski definition) is 0. The van der Waals surface area contributed by atoms with Crippen LogP contribution in [-0.2, 0) is 13.1 Å². The molecule has 0 N–H and O–H groups in total. The molecule has 0 atom stereocenters. The van der Waals surface area contributed by atoms with Crippen molar-refractivity contribution in [1.29, 1.82) is 0 Å². The highest BCUT2D eigenvalue weighted by atomic mass is 35.5. The van der Waals surface area contributed by atoms with Gasteiger partial charge in [-0.2, -0.15) is 0 Å². The summed E-state index contributed by atoms with van der Waals surface area (Å²) in [7, 11) is 0. The predicted octanol–water partition coefficient (Wildman–Crippen LogP) is 5.61. The lowest BCUT2D eigenvalue weighted by Crippen LogP contribution is -2.44. The molecule has 124 valence electrons. The molecular formula is C21H17ClN2O. The molecule has 0 fully saturated rings. The topological polar surface area (TPSA) is 23.6 Å². The molecule has 4 heteroatoms. The van der Waals surface area contributed by atoms with Gasteiger partial charge in [-0.05, 0) is 41.5 Å². The van der Waals surface area contributed by atoms with Crippen LogP contribution >= 0.6 is 11.6 Å². The Balaban J connectivity index is 1.73. The van der Waals surface area contributed by atoms with E-state index in [0.29, 0.717) is 18.1 Å². The van der Waals surface area contributed by atoms with Crippen LogP contribution in [0.3, 0.4) is 0 Å². The van der Waals surface area contributed by atoms with Gasteiger partial charge in [0, 0.05) is 18.1 Å². The van der Waals surface area contributed by atoms with Crippen molar-refractivity contribution in [3.05, 3.63) is 95.0 Å². The van der Waals surface area contributed by atoms with Crippen LogP contribution in [0, 0.1) is 0 Å².